The number of hydrogen-bond donors (Lipinski definition) is 1. The Hall–Kier alpha value is -0.860. The summed E-state index contributed by atoms with van der Waals surface area (Å²) in [6, 6.07) is 7.35. The Morgan fingerprint density at radius 2 is 1.76 bits per heavy atom. The van der Waals surface area contributed by atoms with Crippen molar-refractivity contribution in [3.8, 4) is 0 Å². The maximum Gasteiger partial charge on any atom is 0.0475 e. The summed E-state index contributed by atoms with van der Waals surface area (Å²) in [5.41, 5.74) is 10.1. The first-order chi connectivity index (χ1) is 8.02. The van der Waals surface area contributed by atoms with Crippen molar-refractivity contribution in [2.75, 3.05) is 13.6 Å². The molecule has 0 radical (unpaired) electrons. The Kier molecular flexibility index (Phi) is 5.16. The van der Waals surface area contributed by atoms with Crippen LogP contribution in [0, 0.1) is 13.8 Å². The molecule has 2 unspecified atom stereocenters. The molecule has 0 fully saturated rings. The lowest BCUT2D eigenvalue weighted by molar-refractivity contribution is 0.183. The van der Waals surface area contributed by atoms with Gasteiger partial charge in [0.25, 0.3) is 0 Å². The summed E-state index contributed by atoms with van der Waals surface area (Å²) in [7, 11) is 2.18. The van der Waals surface area contributed by atoms with Crippen LogP contribution in [0.25, 0.3) is 0 Å². The van der Waals surface area contributed by atoms with Crippen LogP contribution in [0.2, 0.25) is 0 Å². The average Bonchev–Trinajstić information content (AvgIpc) is 2.32. The van der Waals surface area contributed by atoms with E-state index in [0.29, 0.717) is 18.6 Å². The molecule has 1 rings (SSSR count). The van der Waals surface area contributed by atoms with E-state index in [4.69, 9.17) is 5.73 Å². The molecular formula is C15H26N2. The lowest BCUT2D eigenvalue weighted by Crippen LogP contribution is -2.37. The van der Waals surface area contributed by atoms with Gasteiger partial charge in [-0.25, -0.2) is 0 Å². The molecule has 96 valence electrons. The van der Waals surface area contributed by atoms with E-state index >= 15 is 0 Å². The van der Waals surface area contributed by atoms with E-state index in [1.165, 1.54) is 16.7 Å². The van der Waals surface area contributed by atoms with E-state index in [0.717, 1.165) is 6.42 Å². The molecule has 0 saturated carbocycles. The largest absolute Gasteiger partial charge is 0.329 e. The van der Waals surface area contributed by atoms with Gasteiger partial charge in [-0.3, -0.25) is 4.90 Å². The molecule has 0 amide bonds. The quantitative estimate of drug-likeness (QED) is 0.848. The van der Waals surface area contributed by atoms with Crippen LogP contribution in [0.5, 0.6) is 0 Å². The molecule has 1 aromatic carbocycles. The van der Waals surface area contributed by atoms with Crippen LogP contribution in [0.3, 0.4) is 0 Å². The van der Waals surface area contributed by atoms with Crippen molar-refractivity contribution in [3.63, 3.8) is 0 Å². The molecule has 0 heterocycles. The molecule has 17 heavy (non-hydrogen) atoms. The molecule has 2 heteroatoms. The van der Waals surface area contributed by atoms with Crippen molar-refractivity contribution in [1.29, 1.82) is 0 Å². The Morgan fingerprint density at radius 1 is 1.24 bits per heavy atom. The van der Waals surface area contributed by atoms with Crippen molar-refractivity contribution < 1.29 is 0 Å². The number of hydrogen-bond acceptors (Lipinski definition) is 2. The van der Waals surface area contributed by atoms with E-state index in [1.807, 2.05) is 0 Å². The van der Waals surface area contributed by atoms with Gasteiger partial charge in [-0.2, -0.15) is 0 Å². The van der Waals surface area contributed by atoms with Gasteiger partial charge in [0.2, 0.25) is 0 Å². The molecule has 2 nitrogen and oxygen atoms in total. The summed E-state index contributed by atoms with van der Waals surface area (Å²) in [5, 5.41) is 0. The molecule has 0 saturated heterocycles. The van der Waals surface area contributed by atoms with Crippen LogP contribution >= 0.6 is 0 Å². The summed E-state index contributed by atoms with van der Waals surface area (Å²) >= 11 is 0. The molecule has 0 spiro atoms. The number of likely N-dealkylation sites (N-methyl/N-ethyl adjacent to an activating group) is 1. The van der Waals surface area contributed by atoms with Crippen LogP contribution in [-0.4, -0.2) is 24.5 Å². The van der Waals surface area contributed by atoms with Crippen LogP contribution in [-0.2, 0) is 0 Å². The van der Waals surface area contributed by atoms with Crippen molar-refractivity contribution in [2.45, 2.75) is 46.2 Å². The lowest BCUT2D eigenvalue weighted by atomic mass is 9.94. The smallest absolute Gasteiger partial charge is 0.0475 e. The summed E-state index contributed by atoms with van der Waals surface area (Å²) in [6.07, 6.45) is 1.15. The minimum absolute atomic E-state index is 0.325. The monoisotopic (exact) mass is 234 g/mol. The second-order valence-corrected chi connectivity index (χ2v) is 4.98. The van der Waals surface area contributed by atoms with E-state index in [1.54, 1.807) is 0 Å². The van der Waals surface area contributed by atoms with Gasteiger partial charge in [0.15, 0.2) is 0 Å². The zero-order valence-corrected chi connectivity index (χ0v) is 11.8. The predicted molar refractivity (Wildman–Crippen MR) is 75.2 cm³/mol. The van der Waals surface area contributed by atoms with Crippen molar-refractivity contribution in [3.05, 3.63) is 34.9 Å². The maximum atomic E-state index is 5.99. The second-order valence-electron chi connectivity index (χ2n) is 4.98. The average molecular weight is 234 g/mol. The van der Waals surface area contributed by atoms with Gasteiger partial charge in [-0.05, 0) is 50.9 Å². The Labute approximate surface area is 106 Å². The number of nitrogens with zero attached hydrogens (tertiary/aromatic N) is 1. The predicted octanol–water partition coefficient (Wildman–Crippen LogP) is 3.03. The number of nitrogens with two attached hydrogens (primary N) is 1. The second kappa shape index (κ2) is 6.18. The third-order valence-electron chi connectivity index (χ3n) is 3.88. The van der Waals surface area contributed by atoms with Gasteiger partial charge in [0, 0.05) is 18.6 Å². The minimum atomic E-state index is 0.325. The van der Waals surface area contributed by atoms with Crippen LogP contribution in [0.1, 0.15) is 43.0 Å². The number of benzene rings is 1. The summed E-state index contributed by atoms with van der Waals surface area (Å²) < 4.78 is 0. The third kappa shape index (κ3) is 3.08. The molecule has 2 N–H and O–H groups in total. The first-order valence-electron chi connectivity index (χ1n) is 6.51. The van der Waals surface area contributed by atoms with Crippen LogP contribution in [0.15, 0.2) is 18.2 Å². The van der Waals surface area contributed by atoms with E-state index in [2.05, 4.69) is 57.8 Å². The van der Waals surface area contributed by atoms with Crippen molar-refractivity contribution in [1.82, 2.24) is 4.90 Å². The molecular weight excluding hydrogens is 208 g/mol. The SMILES string of the molecule is CCC(C)N(C)C(CN)c1c(C)cccc1C. The molecule has 0 aliphatic carbocycles. The number of aryl methyl sites for hydroxylation is 2. The first-order valence-corrected chi connectivity index (χ1v) is 6.51. The fourth-order valence-corrected chi connectivity index (χ4v) is 2.44. The molecule has 0 bridgehead atoms. The summed E-state index contributed by atoms with van der Waals surface area (Å²) in [4.78, 5) is 2.40. The summed E-state index contributed by atoms with van der Waals surface area (Å²) in [5.74, 6) is 0. The highest BCUT2D eigenvalue weighted by Crippen LogP contribution is 2.27. The highest BCUT2D eigenvalue weighted by Gasteiger charge is 2.21. The lowest BCUT2D eigenvalue weighted by Gasteiger charge is -2.34. The van der Waals surface area contributed by atoms with Gasteiger partial charge in [0.05, 0.1) is 0 Å². The zero-order valence-electron chi connectivity index (χ0n) is 11.8. The van der Waals surface area contributed by atoms with Crippen molar-refractivity contribution >= 4 is 0 Å². The maximum absolute atomic E-state index is 5.99. The number of rotatable bonds is 5. The van der Waals surface area contributed by atoms with Gasteiger partial charge < -0.3 is 5.73 Å². The molecule has 0 aromatic heterocycles. The van der Waals surface area contributed by atoms with E-state index in [-0.39, 0.29) is 0 Å². The Balaban J connectivity index is 3.09. The fraction of sp³-hybridized carbons (Fsp3) is 0.600. The Bertz CT molecular complexity index is 340. The Morgan fingerprint density at radius 3 is 2.18 bits per heavy atom. The highest BCUT2D eigenvalue weighted by molar-refractivity contribution is 5.36. The van der Waals surface area contributed by atoms with Gasteiger partial charge in [-0.15, -0.1) is 0 Å². The van der Waals surface area contributed by atoms with Crippen LogP contribution in [0.4, 0.5) is 0 Å². The standard InChI is InChI=1S/C15H26N2/c1-6-13(4)17(5)14(10-16)15-11(2)8-7-9-12(15)3/h7-9,13-14H,6,10,16H2,1-5H3. The summed E-state index contributed by atoms with van der Waals surface area (Å²) in [6.45, 7) is 9.51. The highest BCUT2D eigenvalue weighted by atomic mass is 15.2. The zero-order chi connectivity index (χ0) is 13.0. The molecule has 1 aromatic rings. The normalized spacial score (nSPS) is 15.0. The van der Waals surface area contributed by atoms with Crippen molar-refractivity contribution in [2.24, 2.45) is 5.73 Å². The first kappa shape index (κ1) is 14.2. The van der Waals surface area contributed by atoms with Gasteiger partial charge in [-0.1, -0.05) is 25.1 Å². The van der Waals surface area contributed by atoms with Gasteiger partial charge in [0.1, 0.15) is 0 Å². The molecule has 2 atom stereocenters. The molecule has 0 aliphatic heterocycles. The van der Waals surface area contributed by atoms with E-state index in [9.17, 15) is 0 Å². The third-order valence-corrected chi connectivity index (χ3v) is 3.88. The minimum Gasteiger partial charge on any atom is -0.329 e. The van der Waals surface area contributed by atoms with E-state index < -0.39 is 0 Å². The topological polar surface area (TPSA) is 29.3 Å². The molecule has 0 aliphatic rings. The van der Waals surface area contributed by atoms with Gasteiger partial charge >= 0.3 is 0 Å². The fourth-order valence-electron chi connectivity index (χ4n) is 2.44. The van der Waals surface area contributed by atoms with Crippen LogP contribution < -0.4 is 5.73 Å².